The average Bonchev–Trinajstić information content (AvgIpc) is 2.29. The first kappa shape index (κ1) is 12.5. The second-order valence-electron chi connectivity index (χ2n) is 3.69. The predicted molar refractivity (Wildman–Crippen MR) is 61.4 cm³/mol. The van der Waals surface area contributed by atoms with Crippen molar-refractivity contribution >= 4 is 5.69 Å². The Morgan fingerprint density at radius 3 is 2.69 bits per heavy atom. The molecule has 0 fully saturated rings. The molecule has 16 heavy (non-hydrogen) atoms. The first-order valence-electron chi connectivity index (χ1n) is 5.21. The van der Waals surface area contributed by atoms with Gasteiger partial charge in [0.25, 0.3) is 0 Å². The summed E-state index contributed by atoms with van der Waals surface area (Å²) in [4.78, 5) is 0. The van der Waals surface area contributed by atoms with E-state index in [-0.39, 0.29) is 6.42 Å². The lowest BCUT2D eigenvalue weighted by atomic mass is 9.98. The van der Waals surface area contributed by atoms with Crippen LogP contribution in [-0.2, 0) is 6.42 Å². The molecule has 1 aromatic rings. The SMILES string of the molecule is CCc1ccc(N)c(C(O)C(O)CC#N)c1. The van der Waals surface area contributed by atoms with Gasteiger partial charge in [-0.15, -0.1) is 0 Å². The van der Waals surface area contributed by atoms with Crippen LogP contribution < -0.4 is 5.73 Å². The molecule has 0 aromatic heterocycles. The van der Waals surface area contributed by atoms with Crippen LogP contribution in [-0.4, -0.2) is 16.3 Å². The average molecular weight is 220 g/mol. The first-order valence-corrected chi connectivity index (χ1v) is 5.21. The topological polar surface area (TPSA) is 90.3 Å². The maximum absolute atomic E-state index is 9.84. The second-order valence-corrected chi connectivity index (χ2v) is 3.69. The summed E-state index contributed by atoms with van der Waals surface area (Å²) in [6, 6.07) is 7.16. The van der Waals surface area contributed by atoms with E-state index in [0.29, 0.717) is 11.3 Å². The van der Waals surface area contributed by atoms with E-state index < -0.39 is 12.2 Å². The molecule has 0 aliphatic rings. The number of nitrogen functional groups attached to an aromatic ring is 1. The molecule has 4 N–H and O–H groups in total. The normalized spacial score (nSPS) is 14.1. The quantitative estimate of drug-likeness (QED) is 0.664. The largest absolute Gasteiger partial charge is 0.398 e. The Morgan fingerprint density at radius 1 is 1.44 bits per heavy atom. The van der Waals surface area contributed by atoms with Crippen molar-refractivity contribution in [3.63, 3.8) is 0 Å². The summed E-state index contributed by atoms with van der Waals surface area (Å²) in [7, 11) is 0. The van der Waals surface area contributed by atoms with E-state index in [0.717, 1.165) is 12.0 Å². The van der Waals surface area contributed by atoms with E-state index in [2.05, 4.69) is 0 Å². The third-order valence-electron chi connectivity index (χ3n) is 2.54. The number of aryl methyl sites for hydroxylation is 1. The van der Waals surface area contributed by atoms with Gasteiger partial charge in [-0.25, -0.2) is 0 Å². The van der Waals surface area contributed by atoms with Crippen LogP contribution in [0.25, 0.3) is 0 Å². The Morgan fingerprint density at radius 2 is 2.12 bits per heavy atom. The van der Waals surface area contributed by atoms with E-state index in [1.165, 1.54) is 0 Å². The van der Waals surface area contributed by atoms with Crippen molar-refractivity contribution < 1.29 is 10.2 Å². The van der Waals surface area contributed by atoms with Crippen LogP contribution in [0.2, 0.25) is 0 Å². The zero-order valence-electron chi connectivity index (χ0n) is 9.22. The fourth-order valence-corrected chi connectivity index (χ4v) is 1.51. The van der Waals surface area contributed by atoms with Gasteiger partial charge in [0.1, 0.15) is 6.10 Å². The molecule has 1 rings (SSSR count). The second kappa shape index (κ2) is 5.50. The Bertz CT molecular complexity index is 398. The van der Waals surface area contributed by atoms with Gasteiger partial charge in [-0.3, -0.25) is 0 Å². The van der Waals surface area contributed by atoms with Crippen molar-refractivity contribution in [2.45, 2.75) is 32.0 Å². The number of rotatable bonds is 4. The van der Waals surface area contributed by atoms with E-state index in [4.69, 9.17) is 11.0 Å². The molecule has 2 atom stereocenters. The van der Waals surface area contributed by atoms with Gasteiger partial charge in [-0.05, 0) is 18.1 Å². The third-order valence-corrected chi connectivity index (χ3v) is 2.54. The molecule has 0 aliphatic heterocycles. The third kappa shape index (κ3) is 2.72. The number of aliphatic hydroxyl groups is 2. The molecule has 2 unspecified atom stereocenters. The fourth-order valence-electron chi connectivity index (χ4n) is 1.51. The van der Waals surface area contributed by atoms with E-state index >= 15 is 0 Å². The lowest BCUT2D eigenvalue weighted by Crippen LogP contribution is -2.18. The number of anilines is 1. The van der Waals surface area contributed by atoms with Crippen LogP contribution >= 0.6 is 0 Å². The Labute approximate surface area is 94.9 Å². The number of nitrogens with zero attached hydrogens (tertiary/aromatic N) is 1. The molecule has 0 spiro atoms. The van der Waals surface area contributed by atoms with E-state index in [1.807, 2.05) is 19.1 Å². The van der Waals surface area contributed by atoms with Gasteiger partial charge in [0.05, 0.1) is 18.6 Å². The Hall–Kier alpha value is -1.57. The Balaban J connectivity index is 2.98. The molecule has 1 aromatic carbocycles. The van der Waals surface area contributed by atoms with Crippen LogP contribution in [0.4, 0.5) is 5.69 Å². The van der Waals surface area contributed by atoms with E-state index in [1.54, 1.807) is 12.1 Å². The summed E-state index contributed by atoms with van der Waals surface area (Å²) < 4.78 is 0. The van der Waals surface area contributed by atoms with Gasteiger partial charge < -0.3 is 15.9 Å². The molecule has 0 bridgehead atoms. The minimum absolute atomic E-state index is 0.114. The van der Waals surface area contributed by atoms with Gasteiger partial charge in [0.2, 0.25) is 0 Å². The minimum Gasteiger partial charge on any atom is -0.398 e. The summed E-state index contributed by atoms with van der Waals surface area (Å²) in [5.74, 6) is 0. The van der Waals surface area contributed by atoms with Gasteiger partial charge >= 0.3 is 0 Å². The molecule has 4 heteroatoms. The van der Waals surface area contributed by atoms with Gasteiger partial charge in [-0.2, -0.15) is 5.26 Å². The fraction of sp³-hybridized carbons (Fsp3) is 0.417. The highest BCUT2D eigenvalue weighted by molar-refractivity contribution is 5.50. The Kier molecular flexibility index (Phi) is 4.29. The summed E-state index contributed by atoms with van der Waals surface area (Å²) in [6.45, 7) is 1.99. The van der Waals surface area contributed by atoms with Gasteiger partial charge in [0, 0.05) is 11.3 Å². The van der Waals surface area contributed by atoms with Crippen molar-refractivity contribution in [1.29, 1.82) is 5.26 Å². The molecular weight excluding hydrogens is 204 g/mol. The van der Waals surface area contributed by atoms with Crippen molar-refractivity contribution in [1.82, 2.24) is 0 Å². The maximum Gasteiger partial charge on any atom is 0.108 e. The number of nitrogens with two attached hydrogens (primary N) is 1. The highest BCUT2D eigenvalue weighted by Crippen LogP contribution is 2.25. The highest BCUT2D eigenvalue weighted by Gasteiger charge is 2.20. The molecule has 86 valence electrons. The van der Waals surface area contributed by atoms with Crippen molar-refractivity contribution in [2.75, 3.05) is 5.73 Å². The first-order chi connectivity index (χ1) is 7.60. The lowest BCUT2D eigenvalue weighted by molar-refractivity contribution is 0.0220. The number of nitriles is 1. The number of hydrogen-bond donors (Lipinski definition) is 3. The predicted octanol–water partition coefficient (Wildman–Crippen LogP) is 1.14. The molecule has 0 heterocycles. The van der Waals surface area contributed by atoms with Crippen molar-refractivity contribution in [3.05, 3.63) is 29.3 Å². The molecular formula is C12H16N2O2. The van der Waals surface area contributed by atoms with Crippen LogP contribution in [0, 0.1) is 11.3 Å². The summed E-state index contributed by atoms with van der Waals surface area (Å²) in [5.41, 5.74) is 7.68. The molecule has 0 saturated carbocycles. The van der Waals surface area contributed by atoms with Crippen LogP contribution in [0.5, 0.6) is 0 Å². The van der Waals surface area contributed by atoms with Crippen molar-refractivity contribution in [3.8, 4) is 6.07 Å². The highest BCUT2D eigenvalue weighted by atomic mass is 16.3. The zero-order valence-corrected chi connectivity index (χ0v) is 9.22. The molecule has 0 radical (unpaired) electrons. The zero-order chi connectivity index (χ0) is 12.1. The molecule has 0 saturated heterocycles. The smallest absolute Gasteiger partial charge is 0.108 e. The molecule has 0 aliphatic carbocycles. The van der Waals surface area contributed by atoms with Crippen LogP contribution in [0.3, 0.4) is 0 Å². The van der Waals surface area contributed by atoms with E-state index in [9.17, 15) is 10.2 Å². The van der Waals surface area contributed by atoms with Crippen LogP contribution in [0.1, 0.15) is 30.6 Å². The van der Waals surface area contributed by atoms with Gasteiger partial charge in [-0.1, -0.05) is 19.1 Å². The standard InChI is InChI=1S/C12H16N2O2/c1-2-8-3-4-10(14)9(7-8)12(16)11(15)5-6-13/h3-4,7,11-12,15-16H,2,5,14H2,1H3. The summed E-state index contributed by atoms with van der Waals surface area (Å²) in [6.07, 6.45) is -1.49. The number of hydrogen-bond acceptors (Lipinski definition) is 4. The van der Waals surface area contributed by atoms with Crippen molar-refractivity contribution in [2.24, 2.45) is 0 Å². The monoisotopic (exact) mass is 220 g/mol. The molecule has 0 amide bonds. The van der Waals surface area contributed by atoms with Gasteiger partial charge in [0.15, 0.2) is 0 Å². The minimum atomic E-state index is -1.11. The summed E-state index contributed by atoms with van der Waals surface area (Å²) in [5, 5.41) is 27.8. The van der Waals surface area contributed by atoms with Crippen LogP contribution in [0.15, 0.2) is 18.2 Å². The summed E-state index contributed by atoms with van der Waals surface area (Å²) >= 11 is 0. The number of aliphatic hydroxyl groups excluding tert-OH is 2. The molecule has 4 nitrogen and oxygen atoms in total. The number of benzene rings is 1. The lowest BCUT2D eigenvalue weighted by Gasteiger charge is -2.18. The maximum atomic E-state index is 9.84.